The monoisotopic (exact) mass is 269 g/mol. The van der Waals surface area contributed by atoms with Gasteiger partial charge in [-0.05, 0) is 5.92 Å². The van der Waals surface area contributed by atoms with E-state index < -0.39 is 0 Å². The number of nitrogens with zero attached hydrogens (tertiary/aromatic N) is 3. The van der Waals surface area contributed by atoms with Crippen LogP contribution in [0.25, 0.3) is 0 Å². The number of Topliss-reactive ketones (excluding diaryl/α,β-unsaturated/α-hetero) is 1. The third-order valence-electron chi connectivity index (χ3n) is 2.55. The molecule has 0 bridgehead atoms. The Kier molecular flexibility index (Phi) is 7.28. The largest absolute Gasteiger partial charge is 0.382 e. The first-order valence-electron chi connectivity index (χ1n) is 6.58. The molecule has 1 rings (SSSR count). The highest BCUT2D eigenvalue weighted by molar-refractivity contribution is 5.80. The van der Waals surface area contributed by atoms with Crippen molar-refractivity contribution in [2.45, 2.75) is 33.2 Å². The van der Waals surface area contributed by atoms with Crippen molar-refractivity contribution < 1.29 is 14.3 Å². The molecule has 0 fully saturated rings. The maximum Gasteiger partial charge on any atom is 0.142 e. The van der Waals surface area contributed by atoms with Crippen molar-refractivity contribution in [1.29, 1.82) is 0 Å². The summed E-state index contributed by atoms with van der Waals surface area (Å²) in [5.74, 6) is 1.33. The van der Waals surface area contributed by atoms with Crippen molar-refractivity contribution in [1.82, 2.24) is 14.8 Å². The molecule has 0 aliphatic rings. The number of hydrogen-bond donors (Lipinski definition) is 0. The third-order valence-corrected chi connectivity index (χ3v) is 2.55. The second-order valence-electron chi connectivity index (χ2n) is 4.82. The maximum atomic E-state index is 11.8. The van der Waals surface area contributed by atoms with Crippen molar-refractivity contribution in [3.05, 3.63) is 12.2 Å². The van der Waals surface area contributed by atoms with E-state index in [1.807, 2.05) is 0 Å². The SMILES string of the molecule is COCCOCCC(=O)Cc1ncnn1CC(C)C. The number of hydrogen-bond acceptors (Lipinski definition) is 5. The molecule has 108 valence electrons. The predicted octanol–water partition coefficient (Wildman–Crippen LogP) is 1.10. The van der Waals surface area contributed by atoms with Crippen molar-refractivity contribution >= 4 is 5.78 Å². The Morgan fingerprint density at radius 2 is 2.16 bits per heavy atom. The number of carbonyl (C=O) groups excluding carboxylic acids is 1. The summed E-state index contributed by atoms with van der Waals surface area (Å²) >= 11 is 0. The van der Waals surface area contributed by atoms with E-state index >= 15 is 0 Å². The number of methoxy groups -OCH3 is 1. The van der Waals surface area contributed by atoms with Crippen LogP contribution in [0.5, 0.6) is 0 Å². The van der Waals surface area contributed by atoms with E-state index in [-0.39, 0.29) is 5.78 Å². The fourth-order valence-electron chi connectivity index (χ4n) is 1.62. The van der Waals surface area contributed by atoms with Gasteiger partial charge in [0.2, 0.25) is 0 Å². The van der Waals surface area contributed by atoms with E-state index in [1.54, 1.807) is 11.8 Å². The van der Waals surface area contributed by atoms with Crippen LogP contribution >= 0.6 is 0 Å². The summed E-state index contributed by atoms with van der Waals surface area (Å²) in [7, 11) is 1.62. The summed E-state index contributed by atoms with van der Waals surface area (Å²) in [6.07, 6.45) is 2.22. The topological polar surface area (TPSA) is 66.2 Å². The molecule has 1 aromatic rings. The highest BCUT2D eigenvalue weighted by atomic mass is 16.5. The first-order chi connectivity index (χ1) is 9.13. The van der Waals surface area contributed by atoms with Crippen LogP contribution in [0.4, 0.5) is 0 Å². The standard InChI is InChI=1S/C13H23N3O3/c1-11(2)9-16-13(14-10-15-16)8-12(17)4-5-19-7-6-18-3/h10-11H,4-9H2,1-3H3. The van der Waals surface area contributed by atoms with Crippen molar-refractivity contribution in [2.24, 2.45) is 5.92 Å². The van der Waals surface area contributed by atoms with Gasteiger partial charge in [0.1, 0.15) is 17.9 Å². The minimum absolute atomic E-state index is 0.121. The summed E-state index contributed by atoms with van der Waals surface area (Å²) in [4.78, 5) is 15.9. The van der Waals surface area contributed by atoms with Crippen molar-refractivity contribution in [2.75, 3.05) is 26.9 Å². The molecule has 0 saturated carbocycles. The van der Waals surface area contributed by atoms with Crippen LogP contribution in [0.2, 0.25) is 0 Å². The molecule has 0 radical (unpaired) electrons. The average Bonchev–Trinajstić information content (AvgIpc) is 2.75. The van der Waals surface area contributed by atoms with E-state index in [2.05, 4.69) is 23.9 Å². The van der Waals surface area contributed by atoms with Crippen LogP contribution in [-0.4, -0.2) is 47.5 Å². The van der Waals surface area contributed by atoms with Gasteiger partial charge in [0.15, 0.2) is 0 Å². The van der Waals surface area contributed by atoms with Gasteiger partial charge in [-0.3, -0.25) is 4.79 Å². The van der Waals surface area contributed by atoms with Crippen LogP contribution in [0.1, 0.15) is 26.1 Å². The Labute approximate surface area is 114 Å². The lowest BCUT2D eigenvalue weighted by Crippen LogP contribution is -2.15. The molecule has 0 N–H and O–H groups in total. The van der Waals surface area contributed by atoms with Gasteiger partial charge < -0.3 is 9.47 Å². The van der Waals surface area contributed by atoms with Gasteiger partial charge in [-0.15, -0.1) is 0 Å². The highest BCUT2D eigenvalue weighted by Crippen LogP contribution is 2.03. The van der Waals surface area contributed by atoms with Gasteiger partial charge in [0, 0.05) is 20.1 Å². The molecule has 6 nitrogen and oxygen atoms in total. The smallest absolute Gasteiger partial charge is 0.142 e. The lowest BCUT2D eigenvalue weighted by atomic mass is 10.2. The Bertz CT molecular complexity index is 377. The van der Waals surface area contributed by atoms with Crippen molar-refractivity contribution in [3.63, 3.8) is 0 Å². The summed E-state index contributed by atoms with van der Waals surface area (Å²) < 4.78 is 11.9. The molecule has 6 heteroatoms. The predicted molar refractivity (Wildman–Crippen MR) is 70.9 cm³/mol. The fraction of sp³-hybridized carbons (Fsp3) is 0.769. The molecule has 0 aliphatic carbocycles. The van der Waals surface area contributed by atoms with E-state index in [4.69, 9.17) is 9.47 Å². The Morgan fingerprint density at radius 3 is 2.84 bits per heavy atom. The van der Waals surface area contributed by atoms with Crippen LogP contribution < -0.4 is 0 Å². The van der Waals surface area contributed by atoms with Gasteiger partial charge in [-0.1, -0.05) is 13.8 Å². The maximum absolute atomic E-state index is 11.8. The molecular formula is C13H23N3O3. The molecule has 0 spiro atoms. The van der Waals surface area contributed by atoms with Crippen molar-refractivity contribution in [3.8, 4) is 0 Å². The van der Waals surface area contributed by atoms with Crippen LogP contribution in [-0.2, 0) is 27.2 Å². The molecule has 0 amide bonds. The van der Waals surface area contributed by atoms with E-state index in [0.717, 1.165) is 12.4 Å². The molecule has 0 aromatic carbocycles. The highest BCUT2D eigenvalue weighted by Gasteiger charge is 2.11. The van der Waals surface area contributed by atoms with E-state index in [9.17, 15) is 4.79 Å². The first kappa shape index (κ1) is 15.8. The summed E-state index contributed by atoms with van der Waals surface area (Å²) in [6.45, 7) is 6.51. The Balaban J connectivity index is 2.30. The minimum Gasteiger partial charge on any atom is -0.382 e. The number of carbonyl (C=O) groups is 1. The van der Waals surface area contributed by atoms with Gasteiger partial charge in [0.05, 0.1) is 26.2 Å². The average molecular weight is 269 g/mol. The van der Waals surface area contributed by atoms with Crippen LogP contribution in [0.15, 0.2) is 6.33 Å². The number of rotatable bonds is 10. The van der Waals surface area contributed by atoms with Gasteiger partial charge >= 0.3 is 0 Å². The Hall–Kier alpha value is -1.27. The van der Waals surface area contributed by atoms with E-state index in [1.165, 1.54) is 6.33 Å². The number of aromatic nitrogens is 3. The number of ether oxygens (including phenoxy) is 2. The normalized spacial score (nSPS) is 11.2. The molecule has 0 unspecified atom stereocenters. The molecule has 0 aliphatic heterocycles. The quantitative estimate of drug-likeness (QED) is 0.595. The fourth-order valence-corrected chi connectivity index (χ4v) is 1.62. The third kappa shape index (κ3) is 6.45. The van der Waals surface area contributed by atoms with Crippen LogP contribution in [0, 0.1) is 5.92 Å². The zero-order valence-electron chi connectivity index (χ0n) is 12.0. The minimum atomic E-state index is 0.121. The summed E-state index contributed by atoms with van der Waals surface area (Å²) in [6, 6.07) is 0. The van der Waals surface area contributed by atoms with Gasteiger partial charge in [-0.25, -0.2) is 9.67 Å². The Morgan fingerprint density at radius 1 is 1.37 bits per heavy atom. The molecule has 0 saturated heterocycles. The summed E-state index contributed by atoms with van der Waals surface area (Å²) in [5.41, 5.74) is 0. The van der Waals surface area contributed by atoms with Crippen LogP contribution in [0.3, 0.4) is 0 Å². The molecular weight excluding hydrogens is 246 g/mol. The lowest BCUT2D eigenvalue weighted by molar-refractivity contribution is -0.119. The molecule has 1 heterocycles. The van der Waals surface area contributed by atoms with E-state index in [0.29, 0.717) is 38.6 Å². The number of ketones is 1. The second kappa shape index (κ2) is 8.77. The summed E-state index contributed by atoms with van der Waals surface area (Å²) in [5, 5.41) is 4.14. The molecule has 0 atom stereocenters. The zero-order valence-corrected chi connectivity index (χ0v) is 12.0. The van der Waals surface area contributed by atoms with Gasteiger partial charge in [-0.2, -0.15) is 5.10 Å². The molecule has 1 aromatic heterocycles. The van der Waals surface area contributed by atoms with Gasteiger partial charge in [0.25, 0.3) is 0 Å². The lowest BCUT2D eigenvalue weighted by Gasteiger charge is -2.08. The second-order valence-corrected chi connectivity index (χ2v) is 4.82. The zero-order chi connectivity index (χ0) is 14.1. The molecule has 19 heavy (non-hydrogen) atoms. The first-order valence-corrected chi connectivity index (χ1v) is 6.58.